The van der Waals surface area contributed by atoms with E-state index in [1.54, 1.807) is 36.4 Å². The summed E-state index contributed by atoms with van der Waals surface area (Å²) in [5.74, 6) is -1.19. The lowest BCUT2D eigenvalue weighted by molar-refractivity contribution is -0.137. The summed E-state index contributed by atoms with van der Waals surface area (Å²) < 4.78 is 52.4. The molecule has 0 fully saturated rings. The van der Waals surface area contributed by atoms with Gasteiger partial charge in [0.15, 0.2) is 0 Å². The van der Waals surface area contributed by atoms with Gasteiger partial charge in [-0.25, -0.2) is 9.37 Å². The molecule has 32 heavy (non-hydrogen) atoms. The molecule has 0 saturated carbocycles. The standard InChI is InChI=1S/C24H13F4N3O/c25-17-7-8-20-21(12-19(13-29)30-22(20)11-17)14-3-2-6-18(10-14)31-23(32)15-4-1-5-16(9-15)24(26,27)28/h1-12H,(H,31,32). The summed E-state index contributed by atoms with van der Waals surface area (Å²) in [6.45, 7) is 0. The lowest BCUT2D eigenvalue weighted by Crippen LogP contribution is -2.14. The van der Waals surface area contributed by atoms with Crippen LogP contribution in [0.3, 0.4) is 0 Å². The third-order valence-electron chi connectivity index (χ3n) is 4.77. The summed E-state index contributed by atoms with van der Waals surface area (Å²) in [6.07, 6.45) is -4.56. The van der Waals surface area contributed by atoms with Gasteiger partial charge in [-0.2, -0.15) is 18.4 Å². The van der Waals surface area contributed by atoms with Crippen LogP contribution < -0.4 is 5.32 Å². The van der Waals surface area contributed by atoms with Crippen LogP contribution in [0.15, 0.2) is 72.8 Å². The van der Waals surface area contributed by atoms with Gasteiger partial charge in [0.25, 0.3) is 5.91 Å². The average Bonchev–Trinajstić information content (AvgIpc) is 2.77. The van der Waals surface area contributed by atoms with Gasteiger partial charge in [0.1, 0.15) is 17.6 Å². The van der Waals surface area contributed by atoms with Crippen molar-refractivity contribution in [3.05, 3.63) is 95.4 Å². The van der Waals surface area contributed by atoms with E-state index in [0.29, 0.717) is 27.7 Å². The lowest BCUT2D eigenvalue weighted by Gasteiger charge is -2.11. The van der Waals surface area contributed by atoms with Crippen LogP contribution >= 0.6 is 0 Å². The Kier molecular flexibility index (Phi) is 5.33. The Morgan fingerprint density at radius 1 is 0.969 bits per heavy atom. The van der Waals surface area contributed by atoms with Crippen molar-refractivity contribution in [2.24, 2.45) is 0 Å². The molecule has 0 unspecified atom stereocenters. The maximum atomic E-state index is 13.6. The predicted molar refractivity (Wildman–Crippen MR) is 111 cm³/mol. The number of nitriles is 1. The van der Waals surface area contributed by atoms with E-state index in [0.717, 1.165) is 12.1 Å². The van der Waals surface area contributed by atoms with Gasteiger partial charge in [-0.15, -0.1) is 0 Å². The minimum Gasteiger partial charge on any atom is -0.322 e. The van der Waals surface area contributed by atoms with Gasteiger partial charge >= 0.3 is 6.18 Å². The second-order valence-electron chi connectivity index (χ2n) is 6.94. The predicted octanol–water partition coefficient (Wildman–Crippen LogP) is 6.18. The first-order valence-corrected chi connectivity index (χ1v) is 9.34. The largest absolute Gasteiger partial charge is 0.416 e. The SMILES string of the molecule is N#Cc1cc(-c2cccc(NC(=O)c3cccc(C(F)(F)F)c3)c2)c2ccc(F)cc2n1. The molecule has 0 atom stereocenters. The number of halogens is 4. The highest BCUT2D eigenvalue weighted by molar-refractivity contribution is 6.05. The second kappa shape index (κ2) is 8.12. The number of benzene rings is 3. The molecule has 0 aliphatic heterocycles. The number of amides is 1. The van der Waals surface area contributed by atoms with Crippen molar-refractivity contribution in [3.8, 4) is 17.2 Å². The van der Waals surface area contributed by atoms with Gasteiger partial charge in [0.2, 0.25) is 0 Å². The van der Waals surface area contributed by atoms with E-state index in [-0.39, 0.29) is 11.3 Å². The topological polar surface area (TPSA) is 65.8 Å². The molecule has 0 radical (unpaired) electrons. The minimum atomic E-state index is -4.56. The molecule has 1 amide bonds. The fourth-order valence-electron chi connectivity index (χ4n) is 3.30. The van der Waals surface area contributed by atoms with Crippen molar-refractivity contribution in [1.82, 2.24) is 4.98 Å². The van der Waals surface area contributed by atoms with Crippen molar-refractivity contribution in [1.29, 1.82) is 5.26 Å². The highest BCUT2D eigenvalue weighted by Gasteiger charge is 2.30. The Bertz CT molecular complexity index is 1390. The zero-order valence-electron chi connectivity index (χ0n) is 16.2. The molecule has 4 nitrogen and oxygen atoms in total. The van der Waals surface area contributed by atoms with E-state index in [9.17, 15) is 27.6 Å². The maximum absolute atomic E-state index is 13.6. The molecule has 0 bridgehead atoms. The van der Waals surface area contributed by atoms with Crippen LogP contribution in [0.1, 0.15) is 21.6 Å². The van der Waals surface area contributed by atoms with E-state index >= 15 is 0 Å². The Morgan fingerprint density at radius 2 is 1.75 bits per heavy atom. The lowest BCUT2D eigenvalue weighted by atomic mass is 9.99. The van der Waals surface area contributed by atoms with Crippen LogP contribution in [-0.4, -0.2) is 10.9 Å². The molecule has 1 N–H and O–H groups in total. The Morgan fingerprint density at radius 3 is 2.50 bits per heavy atom. The van der Waals surface area contributed by atoms with Crippen molar-refractivity contribution in [3.63, 3.8) is 0 Å². The van der Waals surface area contributed by atoms with Gasteiger partial charge < -0.3 is 5.32 Å². The minimum absolute atomic E-state index is 0.0940. The van der Waals surface area contributed by atoms with Gasteiger partial charge in [-0.3, -0.25) is 4.79 Å². The molecule has 1 heterocycles. The van der Waals surface area contributed by atoms with Crippen molar-refractivity contribution >= 4 is 22.5 Å². The fraction of sp³-hybridized carbons (Fsp3) is 0.0417. The maximum Gasteiger partial charge on any atom is 0.416 e. The van der Waals surface area contributed by atoms with Crippen LogP contribution in [0.4, 0.5) is 23.2 Å². The third-order valence-corrected chi connectivity index (χ3v) is 4.77. The summed E-state index contributed by atoms with van der Waals surface area (Å²) in [7, 11) is 0. The Hall–Kier alpha value is -4.25. The number of alkyl halides is 3. The van der Waals surface area contributed by atoms with E-state index in [1.807, 2.05) is 6.07 Å². The quantitative estimate of drug-likeness (QED) is 0.391. The highest BCUT2D eigenvalue weighted by atomic mass is 19.4. The summed E-state index contributed by atoms with van der Waals surface area (Å²) in [4.78, 5) is 16.6. The van der Waals surface area contributed by atoms with Crippen molar-refractivity contribution < 1.29 is 22.4 Å². The monoisotopic (exact) mass is 435 g/mol. The molecule has 1 aromatic heterocycles. The number of carbonyl (C=O) groups is 1. The van der Waals surface area contributed by atoms with Crippen LogP contribution in [0.25, 0.3) is 22.0 Å². The van der Waals surface area contributed by atoms with E-state index in [2.05, 4.69) is 10.3 Å². The molecule has 0 aliphatic carbocycles. The molecule has 3 aromatic carbocycles. The summed E-state index contributed by atoms with van der Waals surface area (Å²) in [6, 6.07) is 18.2. The van der Waals surface area contributed by atoms with Crippen LogP contribution in [-0.2, 0) is 6.18 Å². The molecule has 0 aliphatic rings. The first-order chi connectivity index (χ1) is 15.2. The zero-order chi connectivity index (χ0) is 22.9. The van der Waals surface area contributed by atoms with Gasteiger partial charge in [0.05, 0.1) is 11.1 Å². The molecule has 8 heteroatoms. The number of nitrogens with one attached hydrogen (secondary N) is 1. The van der Waals surface area contributed by atoms with Crippen LogP contribution in [0.5, 0.6) is 0 Å². The average molecular weight is 435 g/mol. The van der Waals surface area contributed by atoms with Crippen LogP contribution in [0.2, 0.25) is 0 Å². The smallest absolute Gasteiger partial charge is 0.322 e. The zero-order valence-corrected chi connectivity index (χ0v) is 16.2. The van der Waals surface area contributed by atoms with E-state index in [4.69, 9.17) is 0 Å². The first-order valence-electron chi connectivity index (χ1n) is 9.34. The first kappa shape index (κ1) is 21.0. The number of anilines is 1. The van der Waals surface area contributed by atoms with E-state index in [1.165, 1.54) is 24.3 Å². The molecule has 0 spiro atoms. The number of pyridine rings is 1. The van der Waals surface area contributed by atoms with E-state index < -0.39 is 23.5 Å². The summed E-state index contributed by atoms with van der Waals surface area (Å²) in [5.41, 5.74) is 0.897. The number of fused-ring (bicyclic) bond motifs is 1. The normalized spacial score (nSPS) is 11.2. The highest BCUT2D eigenvalue weighted by Crippen LogP contribution is 2.32. The molecule has 4 aromatic rings. The number of rotatable bonds is 3. The number of hydrogen-bond acceptors (Lipinski definition) is 3. The molecular formula is C24H13F4N3O. The van der Waals surface area contributed by atoms with Crippen LogP contribution in [0, 0.1) is 17.1 Å². The van der Waals surface area contributed by atoms with Crippen molar-refractivity contribution in [2.75, 3.05) is 5.32 Å². The Balaban J connectivity index is 1.70. The number of nitrogens with zero attached hydrogens (tertiary/aromatic N) is 2. The summed E-state index contributed by atoms with van der Waals surface area (Å²) >= 11 is 0. The molecule has 0 saturated heterocycles. The van der Waals surface area contributed by atoms with Gasteiger partial charge in [0, 0.05) is 22.7 Å². The second-order valence-corrected chi connectivity index (χ2v) is 6.94. The van der Waals surface area contributed by atoms with Gasteiger partial charge in [-0.05, 0) is 59.7 Å². The van der Waals surface area contributed by atoms with Gasteiger partial charge in [-0.1, -0.05) is 18.2 Å². The molecule has 158 valence electrons. The molecule has 4 rings (SSSR count). The molecular weight excluding hydrogens is 422 g/mol. The summed E-state index contributed by atoms with van der Waals surface area (Å²) in [5, 5.41) is 12.5. The number of aromatic nitrogens is 1. The fourth-order valence-corrected chi connectivity index (χ4v) is 3.30. The number of hydrogen-bond donors (Lipinski definition) is 1. The third kappa shape index (κ3) is 4.27. The Labute approximate surface area is 179 Å². The number of carbonyl (C=O) groups excluding carboxylic acids is 1. The van der Waals surface area contributed by atoms with Crippen molar-refractivity contribution in [2.45, 2.75) is 6.18 Å².